The minimum Gasteiger partial charge on any atom is -0.490 e. The molecule has 1 aromatic carbocycles. The molecule has 0 aliphatic rings. The van der Waals surface area contributed by atoms with Gasteiger partial charge in [-0.05, 0) is 36.5 Å². The fourth-order valence-electron chi connectivity index (χ4n) is 2.22. The lowest BCUT2D eigenvalue weighted by atomic mass is 9.93. The third-order valence-electron chi connectivity index (χ3n) is 3.48. The van der Waals surface area contributed by atoms with Gasteiger partial charge in [-0.2, -0.15) is 0 Å². The van der Waals surface area contributed by atoms with Crippen LogP contribution in [-0.2, 0) is 4.79 Å². The van der Waals surface area contributed by atoms with Crippen molar-refractivity contribution in [2.75, 3.05) is 6.61 Å². The average molecular weight is 290 g/mol. The highest BCUT2D eigenvalue weighted by Gasteiger charge is 2.13. The van der Waals surface area contributed by atoms with Gasteiger partial charge >= 0.3 is 5.97 Å². The van der Waals surface area contributed by atoms with Crippen molar-refractivity contribution in [2.24, 2.45) is 0 Å². The minimum atomic E-state index is -0.757. The number of rotatable bonds is 10. The van der Waals surface area contributed by atoms with Crippen LogP contribution in [0.1, 0.15) is 57.4 Å². The molecule has 0 heterocycles. The Balaban J connectivity index is 2.55. The van der Waals surface area contributed by atoms with E-state index in [1.54, 1.807) is 0 Å². The zero-order valence-electron chi connectivity index (χ0n) is 13.0. The lowest BCUT2D eigenvalue weighted by molar-refractivity contribution is -0.137. The van der Waals surface area contributed by atoms with E-state index in [1.807, 2.05) is 37.3 Å². The maximum Gasteiger partial charge on any atom is 0.303 e. The second-order valence-corrected chi connectivity index (χ2v) is 5.20. The van der Waals surface area contributed by atoms with E-state index in [0.29, 0.717) is 6.61 Å². The lowest BCUT2D eigenvalue weighted by Crippen LogP contribution is -2.05. The summed E-state index contributed by atoms with van der Waals surface area (Å²) >= 11 is 0. The van der Waals surface area contributed by atoms with Gasteiger partial charge in [0.15, 0.2) is 0 Å². The molecule has 1 unspecified atom stereocenters. The zero-order chi connectivity index (χ0) is 15.5. The lowest BCUT2D eigenvalue weighted by Gasteiger charge is -2.14. The van der Waals surface area contributed by atoms with Gasteiger partial charge in [-0.15, -0.1) is 0 Å². The van der Waals surface area contributed by atoms with Crippen LogP contribution in [0.2, 0.25) is 0 Å². The Labute approximate surface area is 127 Å². The molecule has 116 valence electrons. The quantitative estimate of drug-likeness (QED) is 0.498. The van der Waals surface area contributed by atoms with E-state index >= 15 is 0 Å². The van der Waals surface area contributed by atoms with E-state index < -0.39 is 5.97 Å². The van der Waals surface area contributed by atoms with E-state index in [-0.39, 0.29) is 12.3 Å². The monoisotopic (exact) mass is 290 g/mol. The highest BCUT2D eigenvalue weighted by Crippen LogP contribution is 2.26. The van der Waals surface area contributed by atoms with Gasteiger partial charge in [-0.1, -0.05) is 51.0 Å². The van der Waals surface area contributed by atoms with E-state index in [4.69, 9.17) is 9.84 Å². The predicted molar refractivity (Wildman–Crippen MR) is 85.9 cm³/mol. The standard InChI is InChI=1S/C18H26O3/c1-3-5-6-7-8-12-21-17-11-9-10-16(13-17)15(4-2)14-18(19)20/h7-11,13,15H,3-6,12,14H2,1-2H3,(H,19,20). The molecule has 0 amide bonds. The Morgan fingerprint density at radius 2 is 2.14 bits per heavy atom. The number of hydrogen-bond acceptors (Lipinski definition) is 2. The normalized spacial score (nSPS) is 12.5. The summed E-state index contributed by atoms with van der Waals surface area (Å²) < 4.78 is 5.69. The molecule has 1 atom stereocenters. The van der Waals surface area contributed by atoms with Gasteiger partial charge < -0.3 is 9.84 Å². The Hall–Kier alpha value is -1.77. The van der Waals surface area contributed by atoms with Crippen LogP contribution in [0.4, 0.5) is 0 Å². The predicted octanol–water partition coefficient (Wildman–Crippen LogP) is 4.78. The third kappa shape index (κ3) is 6.98. The van der Waals surface area contributed by atoms with Gasteiger partial charge in [0.25, 0.3) is 0 Å². The molecule has 1 rings (SSSR count). The average Bonchev–Trinajstić information content (AvgIpc) is 2.48. The van der Waals surface area contributed by atoms with Crippen LogP contribution < -0.4 is 4.74 Å². The van der Waals surface area contributed by atoms with Crippen LogP contribution >= 0.6 is 0 Å². The van der Waals surface area contributed by atoms with E-state index in [1.165, 1.54) is 12.8 Å². The van der Waals surface area contributed by atoms with Gasteiger partial charge in [-0.25, -0.2) is 0 Å². The number of hydrogen-bond donors (Lipinski definition) is 1. The Kier molecular flexibility index (Phi) is 8.25. The molecule has 0 aliphatic heterocycles. The Morgan fingerprint density at radius 1 is 1.33 bits per heavy atom. The smallest absolute Gasteiger partial charge is 0.303 e. The first-order valence-electron chi connectivity index (χ1n) is 7.76. The van der Waals surface area contributed by atoms with Crippen LogP contribution in [0, 0.1) is 0 Å². The second-order valence-electron chi connectivity index (χ2n) is 5.20. The van der Waals surface area contributed by atoms with Gasteiger partial charge in [0.05, 0.1) is 6.42 Å². The fraction of sp³-hybridized carbons (Fsp3) is 0.500. The largest absolute Gasteiger partial charge is 0.490 e. The maximum atomic E-state index is 10.9. The zero-order valence-corrected chi connectivity index (χ0v) is 13.0. The SMILES string of the molecule is CCCCC=CCOc1cccc(C(CC)CC(=O)O)c1. The molecule has 3 heteroatoms. The summed E-state index contributed by atoms with van der Waals surface area (Å²) in [6.45, 7) is 4.75. The highest BCUT2D eigenvalue weighted by atomic mass is 16.5. The van der Waals surface area contributed by atoms with Gasteiger partial charge in [0.2, 0.25) is 0 Å². The molecule has 0 aliphatic carbocycles. The van der Waals surface area contributed by atoms with Crippen molar-refractivity contribution >= 4 is 5.97 Å². The van der Waals surface area contributed by atoms with Crippen LogP contribution in [0.3, 0.4) is 0 Å². The molecule has 3 nitrogen and oxygen atoms in total. The van der Waals surface area contributed by atoms with Crippen molar-refractivity contribution in [1.82, 2.24) is 0 Å². The molecule has 1 aromatic rings. The summed E-state index contributed by atoms with van der Waals surface area (Å²) in [5, 5.41) is 8.95. The van der Waals surface area contributed by atoms with Crippen molar-refractivity contribution in [3.63, 3.8) is 0 Å². The van der Waals surface area contributed by atoms with Crippen LogP contribution in [-0.4, -0.2) is 17.7 Å². The molecule has 0 aromatic heterocycles. The highest BCUT2D eigenvalue weighted by molar-refractivity contribution is 5.68. The van der Waals surface area contributed by atoms with Crippen LogP contribution in [0.15, 0.2) is 36.4 Å². The van der Waals surface area contributed by atoms with Gasteiger partial charge in [0.1, 0.15) is 12.4 Å². The summed E-state index contributed by atoms with van der Waals surface area (Å²) in [6, 6.07) is 7.77. The van der Waals surface area contributed by atoms with E-state index in [0.717, 1.165) is 24.2 Å². The van der Waals surface area contributed by atoms with E-state index in [2.05, 4.69) is 13.0 Å². The molecular formula is C18H26O3. The molecule has 0 saturated heterocycles. The summed E-state index contributed by atoms with van der Waals surface area (Å²) in [4.78, 5) is 10.9. The topological polar surface area (TPSA) is 46.5 Å². The number of unbranched alkanes of at least 4 members (excludes halogenated alkanes) is 2. The van der Waals surface area contributed by atoms with E-state index in [9.17, 15) is 4.79 Å². The number of carbonyl (C=O) groups is 1. The van der Waals surface area contributed by atoms with Gasteiger partial charge in [0, 0.05) is 0 Å². The van der Waals surface area contributed by atoms with Crippen molar-refractivity contribution < 1.29 is 14.6 Å². The first kappa shape index (κ1) is 17.3. The molecule has 1 N–H and O–H groups in total. The number of ether oxygens (including phenoxy) is 1. The Bertz CT molecular complexity index is 452. The van der Waals surface area contributed by atoms with Crippen molar-refractivity contribution in [2.45, 2.75) is 51.9 Å². The van der Waals surface area contributed by atoms with Crippen LogP contribution in [0.25, 0.3) is 0 Å². The number of benzene rings is 1. The number of aliphatic carboxylic acids is 1. The summed E-state index contributed by atoms with van der Waals surface area (Å²) in [5.41, 5.74) is 1.03. The maximum absolute atomic E-state index is 10.9. The first-order chi connectivity index (χ1) is 10.2. The van der Waals surface area contributed by atoms with Crippen molar-refractivity contribution in [1.29, 1.82) is 0 Å². The Morgan fingerprint density at radius 3 is 2.81 bits per heavy atom. The second kappa shape index (κ2) is 10.0. The number of carboxylic acid groups (broad SMARTS) is 1. The summed E-state index contributed by atoms with van der Waals surface area (Å²) in [5.74, 6) is 0.0923. The molecule has 21 heavy (non-hydrogen) atoms. The third-order valence-corrected chi connectivity index (χ3v) is 3.48. The summed E-state index contributed by atoms with van der Waals surface area (Å²) in [7, 11) is 0. The van der Waals surface area contributed by atoms with Gasteiger partial charge in [-0.3, -0.25) is 4.79 Å². The molecule has 0 fully saturated rings. The van der Waals surface area contributed by atoms with Crippen LogP contribution in [0.5, 0.6) is 5.75 Å². The first-order valence-corrected chi connectivity index (χ1v) is 7.76. The van der Waals surface area contributed by atoms with Crippen molar-refractivity contribution in [3.8, 4) is 5.75 Å². The molecule has 0 spiro atoms. The molecule has 0 radical (unpaired) electrons. The molecule has 0 bridgehead atoms. The van der Waals surface area contributed by atoms with Crippen molar-refractivity contribution in [3.05, 3.63) is 42.0 Å². The fourth-order valence-corrected chi connectivity index (χ4v) is 2.22. The molecular weight excluding hydrogens is 264 g/mol. The number of allylic oxidation sites excluding steroid dienone is 1. The number of carboxylic acids is 1. The minimum absolute atomic E-state index is 0.0474. The summed E-state index contributed by atoms with van der Waals surface area (Å²) in [6.07, 6.45) is 8.66. The molecule has 0 saturated carbocycles.